The molecular formula is C3H6BO2. The molecule has 0 aliphatic heterocycles. The van der Waals surface area contributed by atoms with Crippen LogP contribution in [0.15, 0.2) is 0 Å². The fourth-order valence-corrected chi connectivity index (χ4v) is 0.136. The highest BCUT2D eigenvalue weighted by atomic mass is 16.4. The maximum atomic E-state index is 9.38. The number of hydrogen-bond acceptors (Lipinski definition) is 2. The van der Waals surface area contributed by atoms with Crippen molar-refractivity contribution in [3.63, 3.8) is 0 Å². The molecule has 0 fully saturated rings. The molecule has 2 nitrogen and oxygen atoms in total. The van der Waals surface area contributed by atoms with Crippen molar-refractivity contribution in [2.75, 3.05) is 6.61 Å². The van der Waals surface area contributed by atoms with E-state index in [1.165, 1.54) is 0 Å². The fourth-order valence-electron chi connectivity index (χ4n) is 0.136. The molecule has 33 valence electrons. The predicted octanol–water partition coefficient (Wildman–Crippen LogP) is -0.168. The van der Waals surface area contributed by atoms with E-state index < -0.39 is 0 Å². The van der Waals surface area contributed by atoms with Gasteiger partial charge < -0.3 is 9.45 Å². The van der Waals surface area contributed by atoms with Gasteiger partial charge in [0, 0.05) is 6.61 Å². The van der Waals surface area contributed by atoms with Crippen LogP contribution in [0.4, 0.5) is 0 Å². The largest absolute Gasteiger partial charge is 0.432 e. The van der Waals surface area contributed by atoms with Gasteiger partial charge in [0.1, 0.15) is 6.19 Å². The van der Waals surface area contributed by atoms with Crippen LogP contribution in [-0.4, -0.2) is 20.3 Å². The Labute approximate surface area is 37.8 Å². The lowest BCUT2D eigenvalue weighted by molar-refractivity contribution is 0.367. The Morgan fingerprint density at radius 3 is 2.83 bits per heavy atom. The van der Waals surface area contributed by atoms with E-state index in [1.807, 2.05) is 6.92 Å². The van der Waals surface area contributed by atoms with Crippen LogP contribution in [0, 0.1) is 0 Å². The average molecular weight is 84.9 g/mol. The maximum Gasteiger partial charge on any atom is 0.371 e. The Balaban J connectivity index is 2.49. The van der Waals surface area contributed by atoms with Gasteiger partial charge in [-0.25, -0.2) is 0 Å². The first-order chi connectivity index (χ1) is 2.91. The van der Waals surface area contributed by atoms with Crippen LogP contribution in [0.1, 0.15) is 6.92 Å². The number of carbonyl (C=O) groups is 1. The average Bonchev–Trinajstić information content (AvgIpc) is 1.61. The van der Waals surface area contributed by atoms with Gasteiger partial charge in [0.25, 0.3) is 0 Å². The van der Waals surface area contributed by atoms with Crippen molar-refractivity contribution in [3.8, 4) is 0 Å². The lowest BCUT2D eigenvalue weighted by Gasteiger charge is -1.83. The highest BCUT2D eigenvalue weighted by Gasteiger charge is 1.79. The van der Waals surface area contributed by atoms with Crippen molar-refractivity contribution in [2.24, 2.45) is 0 Å². The highest BCUT2D eigenvalue weighted by molar-refractivity contribution is 6.61. The van der Waals surface area contributed by atoms with Crippen LogP contribution >= 0.6 is 0 Å². The maximum absolute atomic E-state index is 9.38. The lowest BCUT2D eigenvalue weighted by atomic mass is 10.1. The van der Waals surface area contributed by atoms with E-state index >= 15 is 0 Å². The summed E-state index contributed by atoms with van der Waals surface area (Å²) in [5.74, 6) is 0. The first kappa shape index (κ1) is 5.69. The van der Waals surface area contributed by atoms with E-state index in [1.54, 1.807) is 0 Å². The molecule has 0 bridgehead atoms. The second-order valence-corrected chi connectivity index (χ2v) is 0.728. The van der Waals surface area contributed by atoms with Crippen molar-refractivity contribution < 1.29 is 9.45 Å². The second-order valence-electron chi connectivity index (χ2n) is 0.728. The van der Waals surface area contributed by atoms with E-state index in [4.69, 9.17) is 0 Å². The minimum Gasteiger partial charge on any atom is -0.432 e. The molecule has 0 rings (SSSR count). The molecule has 0 aromatic rings. The zero-order valence-corrected chi connectivity index (χ0v) is 3.68. The van der Waals surface area contributed by atoms with E-state index in [2.05, 4.69) is 4.65 Å². The smallest absolute Gasteiger partial charge is 0.371 e. The predicted molar refractivity (Wildman–Crippen MR) is 24.1 cm³/mol. The Morgan fingerprint density at radius 2 is 2.67 bits per heavy atom. The molecule has 0 heterocycles. The molecule has 0 N–H and O–H groups in total. The summed E-state index contributed by atoms with van der Waals surface area (Å²) in [6, 6.07) is 0. The van der Waals surface area contributed by atoms with Gasteiger partial charge in [-0.05, 0) is 6.92 Å². The SMILES string of the molecule is CCO[B]C=O. The zero-order valence-electron chi connectivity index (χ0n) is 3.68. The van der Waals surface area contributed by atoms with Crippen LogP contribution in [-0.2, 0) is 9.45 Å². The molecule has 0 unspecified atom stereocenters. The van der Waals surface area contributed by atoms with Crippen molar-refractivity contribution in [1.82, 2.24) is 0 Å². The van der Waals surface area contributed by atoms with Crippen molar-refractivity contribution in [3.05, 3.63) is 0 Å². The fraction of sp³-hybridized carbons (Fsp3) is 0.667. The summed E-state index contributed by atoms with van der Waals surface area (Å²) < 4.78 is 4.49. The molecule has 0 atom stereocenters. The molecule has 6 heavy (non-hydrogen) atoms. The zero-order chi connectivity index (χ0) is 4.83. The molecule has 1 radical (unpaired) electrons. The Kier molecular flexibility index (Phi) is 4.46. The third kappa shape index (κ3) is 3.69. The van der Waals surface area contributed by atoms with Crippen molar-refractivity contribution >= 4 is 13.7 Å². The van der Waals surface area contributed by atoms with Crippen molar-refractivity contribution in [2.45, 2.75) is 6.92 Å². The third-order valence-corrected chi connectivity index (χ3v) is 0.318. The highest BCUT2D eigenvalue weighted by Crippen LogP contribution is 1.59. The summed E-state index contributed by atoms with van der Waals surface area (Å²) in [6.45, 7) is 2.39. The second kappa shape index (κ2) is 4.69. The Hall–Kier alpha value is -0.305. The van der Waals surface area contributed by atoms with E-state index in [9.17, 15) is 4.79 Å². The minimum atomic E-state index is 0.568. The monoisotopic (exact) mass is 85.0 g/mol. The normalized spacial score (nSPS) is 7.50. The molecule has 0 spiro atoms. The molecule has 0 aliphatic rings. The van der Waals surface area contributed by atoms with Gasteiger partial charge in [0.15, 0.2) is 0 Å². The third-order valence-electron chi connectivity index (χ3n) is 0.318. The quantitative estimate of drug-likeness (QED) is 0.270. The number of rotatable bonds is 3. The standard InChI is InChI=1S/C3H6BO2/c1-2-6-4-3-5/h3H,2H2,1H3. The minimum absolute atomic E-state index is 0.568. The Morgan fingerprint density at radius 1 is 2.00 bits per heavy atom. The summed E-state index contributed by atoms with van der Waals surface area (Å²) in [4.78, 5) is 9.38. The van der Waals surface area contributed by atoms with Gasteiger partial charge >= 0.3 is 7.48 Å². The van der Waals surface area contributed by atoms with Crippen LogP contribution in [0.5, 0.6) is 0 Å². The molecule has 3 heteroatoms. The molecule has 0 aromatic heterocycles. The number of hydrogen-bond donors (Lipinski definition) is 0. The molecule has 0 saturated heterocycles. The molecule has 0 aromatic carbocycles. The molecule has 0 saturated carbocycles. The van der Waals surface area contributed by atoms with Crippen LogP contribution in [0.25, 0.3) is 0 Å². The Bertz CT molecular complexity index is 37.8. The van der Waals surface area contributed by atoms with Crippen molar-refractivity contribution in [1.29, 1.82) is 0 Å². The van der Waals surface area contributed by atoms with Gasteiger partial charge in [0.2, 0.25) is 0 Å². The van der Waals surface area contributed by atoms with Gasteiger partial charge in [0.05, 0.1) is 0 Å². The van der Waals surface area contributed by atoms with Crippen LogP contribution in [0.2, 0.25) is 0 Å². The summed E-state index contributed by atoms with van der Waals surface area (Å²) in [5, 5.41) is 0. The summed E-state index contributed by atoms with van der Waals surface area (Å²) in [5.41, 5.74) is 0. The molecule has 0 amide bonds. The van der Waals surface area contributed by atoms with E-state index in [0.29, 0.717) is 12.8 Å². The van der Waals surface area contributed by atoms with Gasteiger partial charge in [-0.1, -0.05) is 0 Å². The summed E-state index contributed by atoms with van der Waals surface area (Å²) >= 11 is 0. The number of carbonyl (C=O) groups excluding carboxylic acids is 1. The first-order valence-corrected chi connectivity index (χ1v) is 1.80. The van der Waals surface area contributed by atoms with Gasteiger partial charge in [-0.2, -0.15) is 0 Å². The summed E-state index contributed by atoms with van der Waals surface area (Å²) in [6.07, 6.45) is 0.615. The van der Waals surface area contributed by atoms with Crippen LogP contribution < -0.4 is 0 Å². The van der Waals surface area contributed by atoms with E-state index in [0.717, 1.165) is 7.48 Å². The topological polar surface area (TPSA) is 26.3 Å². The summed E-state index contributed by atoms with van der Waals surface area (Å²) in [7, 11) is 1.12. The lowest BCUT2D eigenvalue weighted by Crippen LogP contribution is -1.97. The van der Waals surface area contributed by atoms with Gasteiger partial charge in [-0.15, -0.1) is 0 Å². The van der Waals surface area contributed by atoms with Crippen LogP contribution in [0.3, 0.4) is 0 Å². The molecule has 0 aliphatic carbocycles. The molecular weight excluding hydrogens is 78.8 g/mol. The van der Waals surface area contributed by atoms with Gasteiger partial charge in [-0.3, -0.25) is 0 Å². The van der Waals surface area contributed by atoms with E-state index in [-0.39, 0.29) is 0 Å². The first-order valence-electron chi connectivity index (χ1n) is 1.80.